The van der Waals surface area contributed by atoms with Crippen molar-refractivity contribution < 1.29 is 9.90 Å². The Hall–Kier alpha value is -0.650. The quantitative estimate of drug-likeness (QED) is 0.752. The highest BCUT2D eigenvalue weighted by atomic mass is 16.3. The van der Waals surface area contributed by atoms with Crippen molar-refractivity contribution in [1.82, 2.24) is 14.7 Å². The van der Waals surface area contributed by atoms with Crippen LogP contribution in [0.5, 0.6) is 0 Å². The standard InChI is InChI=1S/C14H29N3O2/c1-5-15(6-2)11-13(18)17-9-7-16(8-10-17)12-14(3,4)19/h19H,5-12H2,1-4H3. The van der Waals surface area contributed by atoms with Crippen molar-refractivity contribution in [2.75, 3.05) is 52.4 Å². The molecule has 1 fully saturated rings. The molecule has 1 rings (SSSR count). The molecule has 1 amide bonds. The van der Waals surface area contributed by atoms with Gasteiger partial charge in [0.05, 0.1) is 12.1 Å². The third kappa shape index (κ3) is 5.89. The van der Waals surface area contributed by atoms with Crippen LogP contribution in [0.4, 0.5) is 0 Å². The Labute approximate surface area is 117 Å². The second-order valence-corrected chi connectivity index (χ2v) is 5.93. The first-order chi connectivity index (χ1) is 8.85. The summed E-state index contributed by atoms with van der Waals surface area (Å²) in [6, 6.07) is 0. The van der Waals surface area contributed by atoms with E-state index < -0.39 is 5.60 Å². The number of amides is 1. The molecule has 0 radical (unpaired) electrons. The first-order valence-electron chi connectivity index (χ1n) is 7.30. The maximum absolute atomic E-state index is 12.1. The number of piperazine rings is 1. The highest BCUT2D eigenvalue weighted by Crippen LogP contribution is 2.09. The van der Waals surface area contributed by atoms with Gasteiger partial charge in [-0.25, -0.2) is 0 Å². The number of nitrogens with zero attached hydrogens (tertiary/aromatic N) is 3. The fourth-order valence-corrected chi connectivity index (χ4v) is 2.44. The van der Waals surface area contributed by atoms with E-state index in [1.54, 1.807) is 0 Å². The molecule has 19 heavy (non-hydrogen) atoms. The lowest BCUT2D eigenvalue weighted by Gasteiger charge is -2.37. The predicted molar refractivity (Wildman–Crippen MR) is 77.1 cm³/mol. The summed E-state index contributed by atoms with van der Waals surface area (Å²) in [6.07, 6.45) is 0. The molecule has 1 N–H and O–H groups in total. The smallest absolute Gasteiger partial charge is 0.236 e. The molecule has 5 nitrogen and oxygen atoms in total. The monoisotopic (exact) mass is 271 g/mol. The third-order valence-electron chi connectivity index (χ3n) is 3.59. The normalized spacial score (nSPS) is 18.1. The molecule has 1 saturated heterocycles. The minimum Gasteiger partial charge on any atom is -0.389 e. The average molecular weight is 271 g/mol. The Morgan fingerprint density at radius 2 is 1.68 bits per heavy atom. The SMILES string of the molecule is CCN(CC)CC(=O)N1CCN(CC(C)(C)O)CC1. The lowest BCUT2D eigenvalue weighted by atomic mass is 10.1. The minimum atomic E-state index is -0.659. The molecule has 0 bridgehead atoms. The second kappa shape index (κ2) is 7.22. The van der Waals surface area contributed by atoms with Gasteiger partial charge >= 0.3 is 0 Å². The molecule has 1 heterocycles. The Bertz CT molecular complexity index is 277. The van der Waals surface area contributed by atoms with E-state index in [1.165, 1.54) is 0 Å². The third-order valence-corrected chi connectivity index (χ3v) is 3.59. The van der Waals surface area contributed by atoms with Gasteiger partial charge in [0.15, 0.2) is 0 Å². The Balaban J connectivity index is 2.35. The molecule has 0 unspecified atom stereocenters. The highest BCUT2D eigenvalue weighted by molar-refractivity contribution is 5.78. The van der Waals surface area contributed by atoms with Gasteiger partial charge in [0.1, 0.15) is 0 Å². The molecule has 0 saturated carbocycles. The first-order valence-corrected chi connectivity index (χ1v) is 7.30. The predicted octanol–water partition coefficient (Wildman–Crippen LogP) is 0.243. The number of hydrogen-bond donors (Lipinski definition) is 1. The zero-order valence-electron chi connectivity index (χ0n) is 12.9. The van der Waals surface area contributed by atoms with Crippen molar-refractivity contribution in [2.45, 2.75) is 33.3 Å². The van der Waals surface area contributed by atoms with Crippen molar-refractivity contribution in [2.24, 2.45) is 0 Å². The van der Waals surface area contributed by atoms with Crippen molar-refractivity contribution in [3.8, 4) is 0 Å². The van der Waals surface area contributed by atoms with E-state index >= 15 is 0 Å². The summed E-state index contributed by atoms with van der Waals surface area (Å²) in [5.74, 6) is 0.228. The fraction of sp³-hybridized carbons (Fsp3) is 0.929. The molecule has 0 aliphatic carbocycles. The van der Waals surface area contributed by atoms with Crippen LogP contribution in [0.25, 0.3) is 0 Å². The van der Waals surface area contributed by atoms with Gasteiger partial charge in [-0.15, -0.1) is 0 Å². The summed E-state index contributed by atoms with van der Waals surface area (Å²) in [5.41, 5.74) is -0.659. The summed E-state index contributed by atoms with van der Waals surface area (Å²) in [4.78, 5) is 18.4. The average Bonchev–Trinajstić information content (AvgIpc) is 2.34. The number of likely N-dealkylation sites (N-methyl/N-ethyl adjacent to an activating group) is 1. The Morgan fingerprint density at radius 1 is 1.16 bits per heavy atom. The van der Waals surface area contributed by atoms with Gasteiger partial charge in [0.2, 0.25) is 5.91 Å². The maximum Gasteiger partial charge on any atom is 0.236 e. The van der Waals surface area contributed by atoms with Crippen LogP contribution in [-0.2, 0) is 4.79 Å². The maximum atomic E-state index is 12.1. The van der Waals surface area contributed by atoms with Gasteiger partial charge in [-0.05, 0) is 26.9 Å². The molecule has 1 aliphatic rings. The van der Waals surface area contributed by atoms with E-state index in [4.69, 9.17) is 0 Å². The minimum absolute atomic E-state index is 0.228. The number of β-amino-alcohol motifs (C(OH)–C–C–N with tert-alkyl or cyclic N) is 1. The second-order valence-electron chi connectivity index (χ2n) is 5.93. The number of carbonyl (C=O) groups excluding carboxylic acids is 1. The zero-order valence-corrected chi connectivity index (χ0v) is 12.9. The van der Waals surface area contributed by atoms with Crippen molar-refractivity contribution >= 4 is 5.91 Å². The lowest BCUT2D eigenvalue weighted by molar-refractivity contribution is -0.134. The lowest BCUT2D eigenvalue weighted by Crippen LogP contribution is -2.53. The van der Waals surface area contributed by atoms with Crippen LogP contribution in [0.3, 0.4) is 0 Å². The van der Waals surface area contributed by atoms with E-state index in [2.05, 4.69) is 23.6 Å². The molecule has 5 heteroatoms. The molecular formula is C14H29N3O2. The molecule has 0 aromatic heterocycles. The van der Waals surface area contributed by atoms with Gasteiger partial charge in [-0.2, -0.15) is 0 Å². The summed E-state index contributed by atoms with van der Waals surface area (Å²) in [5, 5.41) is 9.80. The van der Waals surface area contributed by atoms with Crippen LogP contribution in [0.1, 0.15) is 27.7 Å². The van der Waals surface area contributed by atoms with Crippen molar-refractivity contribution in [1.29, 1.82) is 0 Å². The topological polar surface area (TPSA) is 47.0 Å². The zero-order chi connectivity index (χ0) is 14.5. The first kappa shape index (κ1) is 16.4. The summed E-state index contributed by atoms with van der Waals surface area (Å²) >= 11 is 0. The van der Waals surface area contributed by atoms with Crippen molar-refractivity contribution in [3.63, 3.8) is 0 Å². The van der Waals surface area contributed by atoms with Crippen LogP contribution in [0, 0.1) is 0 Å². The number of carbonyl (C=O) groups is 1. The number of rotatable bonds is 6. The van der Waals surface area contributed by atoms with Gasteiger partial charge < -0.3 is 10.0 Å². The van der Waals surface area contributed by atoms with Gasteiger partial charge in [-0.1, -0.05) is 13.8 Å². The van der Waals surface area contributed by atoms with Crippen LogP contribution in [-0.4, -0.2) is 83.7 Å². The Kier molecular flexibility index (Phi) is 6.23. The molecule has 112 valence electrons. The summed E-state index contributed by atoms with van der Waals surface area (Å²) < 4.78 is 0. The summed E-state index contributed by atoms with van der Waals surface area (Å²) in [7, 11) is 0. The molecule has 0 spiro atoms. The van der Waals surface area contributed by atoms with E-state index in [9.17, 15) is 9.90 Å². The van der Waals surface area contributed by atoms with Crippen LogP contribution in [0.15, 0.2) is 0 Å². The number of aliphatic hydroxyl groups is 1. The molecule has 1 aliphatic heterocycles. The summed E-state index contributed by atoms with van der Waals surface area (Å²) in [6.45, 7) is 14.1. The number of hydrogen-bond acceptors (Lipinski definition) is 4. The van der Waals surface area contributed by atoms with Crippen LogP contribution in [0.2, 0.25) is 0 Å². The van der Waals surface area contributed by atoms with E-state index in [1.807, 2.05) is 18.7 Å². The largest absolute Gasteiger partial charge is 0.389 e. The van der Waals surface area contributed by atoms with Crippen LogP contribution >= 0.6 is 0 Å². The Morgan fingerprint density at radius 3 is 2.11 bits per heavy atom. The molecular weight excluding hydrogens is 242 g/mol. The van der Waals surface area contributed by atoms with Crippen molar-refractivity contribution in [3.05, 3.63) is 0 Å². The van der Waals surface area contributed by atoms with Gasteiger partial charge in [0, 0.05) is 32.7 Å². The van der Waals surface area contributed by atoms with E-state index in [0.29, 0.717) is 13.1 Å². The highest BCUT2D eigenvalue weighted by Gasteiger charge is 2.25. The van der Waals surface area contributed by atoms with Gasteiger partial charge in [-0.3, -0.25) is 14.6 Å². The van der Waals surface area contributed by atoms with E-state index in [-0.39, 0.29) is 5.91 Å². The molecule has 0 aromatic rings. The fourth-order valence-electron chi connectivity index (χ4n) is 2.44. The van der Waals surface area contributed by atoms with Gasteiger partial charge in [0.25, 0.3) is 0 Å². The van der Waals surface area contributed by atoms with E-state index in [0.717, 1.165) is 39.3 Å². The molecule has 0 atom stereocenters. The van der Waals surface area contributed by atoms with Crippen LogP contribution < -0.4 is 0 Å². The molecule has 0 aromatic carbocycles.